The number of rotatable bonds is 4. The summed E-state index contributed by atoms with van der Waals surface area (Å²) in [5.41, 5.74) is 0. The molecule has 0 unspecified atom stereocenters. The van der Waals surface area contributed by atoms with Crippen molar-refractivity contribution in [2.75, 3.05) is 13.1 Å². The molecule has 1 aromatic carbocycles. The first-order chi connectivity index (χ1) is 8.63. The summed E-state index contributed by atoms with van der Waals surface area (Å²) in [5.74, 6) is -1.60. The second-order valence-corrected chi connectivity index (χ2v) is 4.90. The summed E-state index contributed by atoms with van der Waals surface area (Å²) in [6, 6.07) is 2.32. The standard InChI is InChI=1S/C13H16ClF2NO/c1-2-11(8-5-6-17-7-8)18-13-10(15)4-3-9(14)12(13)16/h3-4,8,11,17H,2,5-7H2,1H3/t8-,11+/m0/s1. The van der Waals surface area contributed by atoms with Crippen molar-refractivity contribution in [2.45, 2.75) is 25.9 Å². The summed E-state index contributed by atoms with van der Waals surface area (Å²) in [7, 11) is 0. The number of nitrogens with one attached hydrogen (secondary N) is 1. The van der Waals surface area contributed by atoms with Crippen molar-refractivity contribution in [2.24, 2.45) is 5.92 Å². The van der Waals surface area contributed by atoms with Crippen molar-refractivity contribution in [3.63, 3.8) is 0 Å². The molecule has 100 valence electrons. The van der Waals surface area contributed by atoms with Crippen molar-refractivity contribution in [1.29, 1.82) is 0 Å². The Morgan fingerprint density at radius 2 is 2.28 bits per heavy atom. The molecule has 1 heterocycles. The highest BCUT2D eigenvalue weighted by Crippen LogP contribution is 2.31. The Morgan fingerprint density at radius 3 is 2.89 bits per heavy atom. The van der Waals surface area contributed by atoms with Crippen molar-refractivity contribution >= 4 is 11.6 Å². The molecule has 2 atom stereocenters. The Morgan fingerprint density at radius 1 is 1.50 bits per heavy atom. The zero-order valence-electron chi connectivity index (χ0n) is 10.2. The summed E-state index contributed by atoms with van der Waals surface area (Å²) in [6.45, 7) is 3.69. The predicted octanol–water partition coefficient (Wildman–Crippen LogP) is 3.39. The molecular formula is C13H16ClF2NO. The molecule has 1 fully saturated rings. The average Bonchev–Trinajstić information content (AvgIpc) is 2.88. The lowest BCUT2D eigenvalue weighted by Crippen LogP contribution is -2.28. The lowest BCUT2D eigenvalue weighted by Gasteiger charge is -2.23. The van der Waals surface area contributed by atoms with E-state index < -0.39 is 11.6 Å². The number of hydrogen-bond donors (Lipinski definition) is 1. The Labute approximate surface area is 110 Å². The van der Waals surface area contributed by atoms with Crippen molar-refractivity contribution < 1.29 is 13.5 Å². The van der Waals surface area contributed by atoms with E-state index in [4.69, 9.17) is 16.3 Å². The van der Waals surface area contributed by atoms with E-state index in [-0.39, 0.29) is 22.8 Å². The van der Waals surface area contributed by atoms with Crippen LogP contribution in [-0.2, 0) is 0 Å². The first-order valence-corrected chi connectivity index (χ1v) is 6.52. The number of hydrogen-bond acceptors (Lipinski definition) is 2. The smallest absolute Gasteiger partial charge is 0.192 e. The third kappa shape index (κ3) is 2.75. The minimum absolute atomic E-state index is 0.120. The van der Waals surface area contributed by atoms with Crippen LogP contribution < -0.4 is 10.1 Å². The van der Waals surface area contributed by atoms with Crippen LogP contribution in [0.4, 0.5) is 8.78 Å². The maximum Gasteiger partial charge on any atom is 0.192 e. The zero-order valence-corrected chi connectivity index (χ0v) is 10.9. The van der Waals surface area contributed by atoms with E-state index in [1.165, 1.54) is 6.07 Å². The van der Waals surface area contributed by atoms with Crippen LogP contribution in [0.3, 0.4) is 0 Å². The van der Waals surface area contributed by atoms with Gasteiger partial charge >= 0.3 is 0 Å². The lowest BCUT2D eigenvalue weighted by molar-refractivity contribution is 0.126. The van der Waals surface area contributed by atoms with Crippen LogP contribution in [0.25, 0.3) is 0 Å². The quantitative estimate of drug-likeness (QED) is 0.851. The third-order valence-electron chi connectivity index (χ3n) is 3.30. The molecular weight excluding hydrogens is 260 g/mol. The van der Waals surface area contributed by atoms with Crippen molar-refractivity contribution in [1.82, 2.24) is 5.32 Å². The highest BCUT2D eigenvalue weighted by Gasteiger charge is 2.27. The van der Waals surface area contributed by atoms with Gasteiger partial charge in [-0.05, 0) is 31.5 Å². The highest BCUT2D eigenvalue weighted by atomic mass is 35.5. The molecule has 2 nitrogen and oxygen atoms in total. The fourth-order valence-electron chi connectivity index (χ4n) is 2.28. The number of benzene rings is 1. The summed E-state index contributed by atoms with van der Waals surface area (Å²) in [4.78, 5) is 0. The van der Waals surface area contributed by atoms with Crippen LogP contribution in [0.2, 0.25) is 5.02 Å². The molecule has 18 heavy (non-hydrogen) atoms. The van der Waals surface area contributed by atoms with Crippen LogP contribution in [-0.4, -0.2) is 19.2 Å². The zero-order chi connectivity index (χ0) is 13.1. The van der Waals surface area contributed by atoms with Gasteiger partial charge in [-0.15, -0.1) is 0 Å². The molecule has 2 rings (SSSR count). The molecule has 1 N–H and O–H groups in total. The largest absolute Gasteiger partial charge is 0.484 e. The van der Waals surface area contributed by atoms with Gasteiger partial charge in [0.2, 0.25) is 0 Å². The van der Waals surface area contributed by atoms with Gasteiger partial charge in [-0.25, -0.2) is 8.78 Å². The molecule has 0 aromatic heterocycles. The van der Waals surface area contributed by atoms with E-state index in [2.05, 4.69) is 5.32 Å². The molecule has 1 aromatic rings. The maximum absolute atomic E-state index is 13.7. The van der Waals surface area contributed by atoms with E-state index in [1.54, 1.807) is 0 Å². The number of halogens is 3. The molecule has 0 bridgehead atoms. The molecule has 0 radical (unpaired) electrons. The third-order valence-corrected chi connectivity index (χ3v) is 3.59. The first-order valence-electron chi connectivity index (χ1n) is 6.14. The van der Waals surface area contributed by atoms with E-state index in [0.29, 0.717) is 6.42 Å². The summed E-state index contributed by atoms with van der Waals surface area (Å²) in [5, 5.41) is 3.10. The SMILES string of the molecule is CC[C@@H](Oc1c(F)ccc(Cl)c1F)[C@H]1CCNC1. The van der Waals surface area contributed by atoms with Gasteiger partial charge in [0.1, 0.15) is 6.10 Å². The van der Waals surface area contributed by atoms with E-state index >= 15 is 0 Å². The molecule has 0 aliphatic carbocycles. The fourth-order valence-corrected chi connectivity index (χ4v) is 2.42. The molecule has 1 saturated heterocycles. The van der Waals surface area contributed by atoms with Gasteiger partial charge in [0.05, 0.1) is 5.02 Å². The van der Waals surface area contributed by atoms with Crippen LogP contribution in [0.5, 0.6) is 5.75 Å². The average molecular weight is 276 g/mol. The maximum atomic E-state index is 13.7. The van der Waals surface area contributed by atoms with Gasteiger partial charge in [0.15, 0.2) is 17.4 Å². The van der Waals surface area contributed by atoms with E-state index in [9.17, 15) is 8.78 Å². The molecule has 5 heteroatoms. The lowest BCUT2D eigenvalue weighted by atomic mass is 9.99. The van der Waals surface area contributed by atoms with Crippen LogP contribution in [0.1, 0.15) is 19.8 Å². The van der Waals surface area contributed by atoms with Gasteiger partial charge in [-0.3, -0.25) is 0 Å². The molecule has 0 spiro atoms. The topological polar surface area (TPSA) is 21.3 Å². The second kappa shape index (κ2) is 5.85. The molecule has 0 amide bonds. The van der Waals surface area contributed by atoms with Crippen LogP contribution in [0, 0.1) is 17.6 Å². The Bertz CT molecular complexity index is 422. The van der Waals surface area contributed by atoms with Crippen molar-refractivity contribution in [3.05, 3.63) is 28.8 Å². The van der Waals surface area contributed by atoms with Crippen LogP contribution in [0.15, 0.2) is 12.1 Å². The normalized spacial score (nSPS) is 21.0. The van der Waals surface area contributed by atoms with E-state index in [1.807, 2.05) is 6.92 Å². The van der Waals surface area contributed by atoms with Gasteiger partial charge in [0.25, 0.3) is 0 Å². The predicted molar refractivity (Wildman–Crippen MR) is 67.1 cm³/mol. The second-order valence-electron chi connectivity index (χ2n) is 4.49. The highest BCUT2D eigenvalue weighted by molar-refractivity contribution is 6.30. The summed E-state index contributed by atoms with van der Waals surface area (Å²) >= 11 is 5.64. The van der Waals surface area contributed by atoms with Gasteiger partial charge in [0, 0.05) is 12.5 Å². The summed E-state index contributed by atoms with van der Waals surface area (Å²) in [6.07, 6.45) is 1.47. The van der Waals surface area contributed by atoms with Crippen molar-refractivity contribution in [3.8, 4) is 5.75 Å². The minimum Gasteiger partial charge on any atom is -0.484 e. The van der Waals surface area contributed by atoms with Gasteiger partial charge in [-0.1, -0.05) is 18.5 Å². The van der Waals surface area contributed by atoms with Crippen LogP contribution >= 0.6 is 11.6 Å². The Kier molecular flexibility index (Phi) is 4.40. The molecule has 1 aliphatic rings. The minimum atomic E-state index is -0.818. The first kappa shape index (κ1) is 13.6. The fraction of sp³-hybridized carbons (Fsp3) is 0.538. The Balaban J connectivity index is 2.18. The summed E-state index contributed by atoms with van der Waals surface area (Å²) < 4.78 is 32.8. The van der Waals surface area contributed by atoms with Gasteiger partial charge < -0.3 is 10.1 Å². The molecule has 1 aliphatic heterocycles. The molecule has 0 saturated carbocycles. The Hall–Kier alpha value is -0.870. The van der Waals surface area contributed by atoms with Gasteiger partial charge in [-0.2, -0.15) is 0 Å². The number of ether oxygens (including phenoxy) is 1. The van der Waals surface area contributed by atoms with E-state index in [0.717, 1.165) is 25.6 Å². The monoisotopic (exact) mass is 275 g/mol.